The average molecular weight is 410 g/mol. The minimum Gasteiger partial charge on any atom is -0.454 e. The number of esters is 1. The highest BCUT2D eigenvalue weighted by molar-refractivity contribution is 6.36. The Bertz CT molecular complexity index is 844. The number of benzene rings is 1. The SMILES string of the molecule is Cc1nc(NC(=O)COC(=O)CNC(=O)Cc2ccccc2)c(Cl)cc1Cl. The van der Waals surface area contributed by atoms with E-state index in [1.54, 1.807) is 19.1 Å². The molecule has 2 aromatic rings. The van der Waals surface area contributed by atoms with Gasteiger partial charge in [-0.05, 0) is 18.6 Å². The lowest BCUT2D eigenvalue weighted by Gasteiger charge is -2.09. The molecule has 0 aliphatic rings. The van der Waals surface area contributed by atoms with E-state index >= 15 is 0 Å². The molecule has 1 heterocycles. The predicted molar refractivity (Wildman–Crippen MR) is 102 cm³/mol. The summed E-state index contributed by atoms with van der Waals surface area (Å²) in [6.07, 6.45) is 0.148. The van der Waals surface area contributed by atoms with Gasteiger partial charge in [-0.25, -0.2) is 4.98 Å². The van der Waals surface area contributed by atoms with E-state index in [-0.39, 0.29) is 29.7 Å². The molecular formula is C18H17Cl2N3O4. The fourth-order valence-corrected chi connectivity index (χ4v) is 2.43. The van der Waals surface area contributed by atoms with E-state index in [2.05, 4.69) is 15.6 Å². The summed E-state index contributed by atoms with van der Waals surface area (Å²) in [6.45, 7) is 0.789. The van der Waals surface area contributed by atoms with Crippen LogP contribution in [0.25, 0.3) is 0 Å². The van der Waals surface area contributed by atoms with E-state index < -0.39 is 18.5 Å². The minimum absolute atomic E-state index is 0.121. The Morgan fingerprint density at radius 1 is 1.07 bits per heavy atom. The van der Waals surface area contributed by atoms with Crippen molar-refractivity contribution in [1.82, 2.24) is 10.3 Å². The van der Waals surface area contributed by atoms with E-state index in [4.69, 9.17) is 27.9 Å². The molecule has 1 aromatic heterocycles. The van der Waals surface area contributed by atoms with Crippen LogP contribution in [-0.2, 0) is 25.5 Å². The standard InChI is InChI=1S/C18H17Cl2N3O4/c1-11-13(19)8-14(20)18(22-11)23-16(25)10-27-17(26)9-21-15(24)7-12-5-3-2-4-6-12/h2-6,8H,7,9-10H2,1H3,(H,21,24)(H,22,23,25). The van der Waals surface area contributed by atoms with Gasteiger partial charge in [-0.1, -0.05) is 53.5 Å². The highest BCUT2D eigenvalue weighted by Crippen LogP contribution is 2.25. The summed E-state index contributed by atoms with van der Waals surface area (Å²) in [5.74, 6) is -1.56. The summed E-state index contributed by atoms with van der Waals surface area (Å²) < 4.78 is 4.81. The molecule has 0 bridgehead atoms. The second-order valence-electron chi connectivity index (χ2n) is 5.53. The van der Waals surface area contributed by atoms with Gasteiger partial charge in [0.2, 0.25) is 5.91 Å². The first-order valence-corrected chi connectivity index (χ1v) is 8.69. The summed E-state index contributed by atoms with van der Waals surface area (Å²) in [7, 11) is 0. The van der Waals surface area contributed by atoms with Crippen LogP contribution in [0.1, 0.15) is 11.3 Å². The molecule has 0 aliphatic heterocycles. The minimum atomic E-state index is -0.738. The van der Waals surface area contributed by atoms with Crippen molar-refractivity contribution in [1.29, 1.82) is 0 Å². The Morgan fingerprint density at radius 2 is 1.78 bits per heavy atom. The molecule has 0 saturated heterocycles. The number of nitrogens with one attached hydrogen (secondary N) is 2. The number of carbonyl (C=O) groups excluding carboxylic acids is 3. The van der Waals surface area contributed by atoms with Gasteiger partial charge in [0.25, 0.3) is 5.91 Å². The highest BCUT2D eigenvalue weighted by atomic mass is 35.5. The Hall–Kier alpha value is -2.64. The molecule has 2 rings (SSSR count). The predicted octanol–water partition coefficient (Wildman–Crippen LogP) is 2.54. The van der Waals surface area contributed by atoms with Gasteiger partial charge in [-0.2, -0.15) is 0 Å². The number of halogens is 2. The number of aryl methyl sites for hydroxylation is 1. The van der Waals surface area contributed by atoms with Crippen molar-refractivity contribution in [2.75, 3.05) is 18.5 Å². The first-order valence-electron chi connectivity index (χ1n) is 7.94. The molecule has 9 heteroatoms. The van der Waals surface area contributed by atoms with Crippen molar-refractivity contribution in [3.63, 3.8) is 0 Å². The van der Waals surface area contributed by atoms with Crippen LogP contribution in [0.5, 0.6) is 0 Å². The second kappa shape index (κ2) is 9.89. The van der Waals surface area contributed by atoms with Crippen LogP contribution < -0.4 is 10.6 Å². The van der Waals surface area contributed by atoms with Crippen LogP contribution >= 0.6 is 23.2 Å². The molecule has 27 heavy (non-hydrogen) atoms. The van der Waals surface area contributed by atoms with Crippen molar-refractivity contribution < 1.29 is 19.1 Å². The van der Waals surface area contributed by atoms with Crippen LogP contribution in [-0.4, -0.2) is 35.9 Å². The summed E-state index contributed by atoms with van der Waals surface area (Å²) in [5.41, 5.74) is 1.32. The maximum atomic E-state index is 11.8. The molecule has 0 aliphatic carbocycles. The first-order chi connectivity index (χ1) is 12.8. The monoisotopic (exact) mass is 409 g/mol. The normalized spacial score (nSPS) is 10.2. The number of pyridine rings is 1. The topological polar surface area (TPSA) is 97.4 Å². The van der Waals surface area contributed by atoms with Crippen molar-refractivity contribution in [3.05, 3.63) is 57.7 Å². The number of rotatable bonds is 7. The third kappa shape index (κ3) is 6.88. The van der Waals surface area contributed by atoms with Gasteiger partial charge in [0.05, 0.1) is 22.2 Å². The van der Waals surface area contributed by atoms with Gasteiger partial charge in [-0.3, -0.25) is 14.4 Å². The number of ether oxygens (including phenoxy) is 1. The van der Waals surface area contributed by atoms with E-state index in [1.165, 1.54) is 6.07 Å². The van der Waals surface area contributed by atoms with Gasteiger partial charge in [0, 0.05) is 0 Å². The van der Waals surface area contributed by atoms with Crippen LogP contribution in [0, 0.1) is 6.92 Å². The molecule has 0 unspecified atom stereocenters. The second-order valence-corrected chi connectivity index (χ2v) is 6.35. The zero-order valence-electron chi connectivity index (χ0n) is 14.4. The Morgan fingerprint density at radius 3 is 2.48 bits per heavy atom. The van der Waals surface area contributed by atoms with E-state index in [1.807, 2.05) is 18.2 Å². The molecule has 2 amide bonds. The summed E-state index contributed by atoms with van der Waals surface area (Å²) in [6, 6.07) is 10.5. The molecule has 0 radical (unpaired) electrons. The maximum Gasteiger partial charge on any atom is 0.325 e. The van der Waals surface area contributed by atoms with Gasteiger partial charge >= 0.3 is 5.97 Å². The fourth-order valence-electron chi connectivity index (χ4n) is 2.03. The number of nitrogens with zero attached hydrogens (tertiary/aromatic N) is 1. The Labute approximate surface area is 166 Å². The van der Waals surface area contributed by atoms with E-state index in [0.29, 0.717) is 10.7 Å². The lowest BCUT2D eigenvalue weighted by molar-refractivity contribution is -0.147. The lowest BCUT2D eigenvalue weighted by Crippen LogP contribution is -2.33. The largest absolute Gasteiger partial charge is 0.454 e. The van der Waals surface area contributed by atoms with E-state index in [9.17, 15) is 14.4 Å². The van der Waals surface area contributed by atoms with Crippen molar-refractivity contribution in [2.24, 2.45) is 0 Å². The molecule has 2 N–H and O–H groups in total. The zero-order chi connectivity index (χ0) is 19.8. The number of amides is 2. The lowest BCUT2D eigenvalue weighted by atomic mass is 10.1. The molecule has 7 nitrogen and oxygen atoms in total. The maximum absolute atomic E-state index is 11.8. The van der Waals surface area contributed by atoms with Gasteiger partial charge in [0.1, 0.15) is 6.54 Å². The van der Waals surface area contributed by atoms with Crippen molar-refractivity contribution in [3.8, 4) is 0 Å². The number of carbonyl (C=O) groups is 3. The first kappa shape index (κ1) is 20.7. The van der Waals surface area contributed by atoms with Crippen LogP contribution in [0.3, 0.4) is 0 Å². The third-order valence-electron chi connectivity index (χ3n) is 3.36. The van der Waals surface area contributed by atoms with Crippen molar-refractivity contribution >= 4 is 46.8 Å². The highest BCUT2D eigenvalue weighted by Gasteiger charge is 2.13. The Kier molecular flexibility index (Phi) is 7.57. The fraction of sp³-hybridized carbons (Fsp3) is 0.222. The zero-order valence-corrected chi connectivity index (χ0v) is 15.9. The molecule has 0 fully saturated rings. The summed E-state index contributed by atoms with van der Waals surface area (Å²) in [4.78, 5) is 39.3. The molecule has 142 valence electrons. The van der Waals surface area contributed by atoms with E-state index in [0.717, 1.165) is 5.56 Å². The summed E-state index contributed by atoms with van der Waals surface area (Å²) >= 11 is 11.8. The third-order valence-corrected chi connectivity index (χ3v) is 4.04. The molecule has 0 saturated carbocycles. The molecule has 0 atom stereocenters. The van der Waals surface area contributed by atoms with Gasteiger partial charge in [0.15, 0.2) is 12.4 Å². The van der Waals surface area contributed by atoms with Gasteiger partial charge < -0.3 is 15.4 Å². The smallest absolute Gasteiger partial charge is 0.325 e. The number of aromatic nitrogens is 1. The van der Waals surface area contributed by atoms with Crippen molar-refractivity contribution in [2.45, 2.75) is 13.3 Å². The molecule has 1 aromatic carbocycles. The quantitative estimate of drug-likeness (QED) is 0.684. The average Bonchev–Trinajstić information content (AvgIpc) is 2.63. The Balaban J connectivity index is 1.72. The number of hydrogen-bond acceptors (Lipinski definition) is 5. The molecule has 0 spiro atoms. The van der Waals surface area contributed by atoms with Crippen LogP contribution in [0.15, 0.2) is 36.4 Å². The number of anilines is 1. The van der Waals surface area contributed by atoms with Crippen LogP contribution in [0.4, 0.5) is 5.82 Å². The molecular weight excluding hydrogens is 393 g/mol. The summed E-state index contributed by atoms with van der Waals surface area (Å²) in [5, 5.41) is 5.40. The van der Waals surface area contributed by atoms with Crippen LogP contribution in [0.2, 0.25) is 10.0 Å². The van der Waals surface area contributed by atoms with Gasteiger partial charge in [-0.15, -0.1) is 0 Å². The number of hydrogen-bond donors (Lipinski definition) is 2.